The minimum atomic E-state index is -0.375. The van der Waals surface area contributed by atoms with Crippen LogP contribution in [0.1, 0.15) is 32.1 Å². The van der Waals surface area contributed by atoms with Gasteiger partial charge in [0.2, 0.25) is 5.28 Å². The maximum absolute atomic E-state index is 11.2. The molecule has 0 amide bonds. The smallest absolute Gasteiger partial charge is 0.270 e. The second kappa shape index (κ2) is 7.40. The first-order valence-corrected chi connectivity index (χ1v) is 10.2. The Labute approximate surface area is 166 Å². The van der Waals surface area contributed by atoms with Gasteiger partial charge in [0.25, 0.3) is 5.69 Å². The molecule has 6 nitrogen and oxygen atoms in total. The van der Waals surface area contributed by atoms with Crippen molar-refractivity contribution in [1.29, 1.82) is 0 Å². The third-order valence-corrected chi connectivity index (χ3v) is 6.25. The minimum absolute atomic E-state index is 0.0731. The van der Waals surface area contributed by atoms with Gasteiger partial charge in [-0.1, -0.05) is 31.4 Å². The van der Waals surface area contributed by atoms with Crippen LogP contribution < -0.4 is 4.90 Å². The van der Waals surface area contributed by atoms with Gasteiger partial charge in [0.1, 0.15) is 10.6 Å². The molecule has 2 heterocycles. The Bertz CT molecular complexity index is 1000. The van der Waals surface area contributed by atoms with Gasteiger partial charge >= 0.3 is 0 Å². The number of nitro benzene ring substituents is 1. The quantitative estimate of drug-likeness (QED) is 0.318. The lowest BCUT2D eigenvalue weighted by Crippen LogP contribution is -2.34. The van der Waals surface area contributed by atoms with Crippen LogP contribution in [0.15, 0.2) is 29.6 Å². The maximum Gasteiger partial charge on any atom is 0.270 e. The van der Waals surface area contributed by atoms with Crippen molar-refractivity contribution in [2.75, 3.05) is 11.9 Å². The van der Waals surface area contributed by atoms with E-state index in [2.05, 4.69) is 21.9 Å². The standard InChI is InChI=1S/C19H19ClN4O2S/c1-23(13-7-3-2-4-8-13)17-16-15(11-27-18(16)22-19(20)21-17)12-6-5-9-14(10-12)24(25)26/h5-6,9-11,13H,2-4,7-8H2,1H3. The molecule has 140 valence electrons. The predicted molar refractivity (Wildman–Crippen MR) is 110 cm³/mol. The van der Waals surface area contributed by atoms with Crippen molar-refractivity contribution in [2.24, 2.45) is 0 Å². The molecule has 8 heteroatoms. The number of hydrogen-bond acceptors (Lipinski definition) is 6. The van der Waals surface area contributed by atoms with Gasteiger partial charge in [0, 0.05) is 36.2 Å². The van der Waals surface area contributed by atoms with E-state index in [0.717, 1.165) is 40.0 Å². The molecule has 1 aliphatic rings. The van der Waals surface area contributed by atoms with Crippen LogP contribution in [0.25, 0.3) is 21.3 Å². The SMILES string of the molecule is CN(c1nc(Cl)nc2scc(-c3cccc([N+](=O)[O-])c3)c12)C1CCCCC1. The Kier molecular flexibility index (Phi) is 4.97. The van der Waals surface area contributed by atoms with Crippen LogP contribution in [0, 0.1) is 10.1 Å². The van der Waals surface area contributed by atoms with E-state index in [9.17, 15) is 10.1 Å². The highest BCUT2D eigenvalue weighted by Crippen LogP contribution is 2.40. The van der Waals surface area contributed by atoms with E-state index >= 15 is 0 Å². The topological polar surface area (TPSA) is 72.2 Å². The van der Waals surface area contributed by atoms with E-state index in [1.807, 2.05) is 11.4 Å². The Balaban J connectivity index is 1.86. The van der Waals surface area contributed by atoms with Crippen molar-refractivity contribution in [1.82, 2.24) is 9.97 Å². The Morgan fingerprint density at radius 3 is 2.78 bits per heavy atom. The average Bonchev–Trinajstić information content (AvgIpc) is 3.11. The van der Waals surface area contributed by atoms with E-state index < -0.39 is 0 Å². The van der Waals surface area contributed by atoms with Crippen LogP contribution >= 0.6 is 22.9 Å². The number of halogens is 1. The summed E-state index contributed by atoms with van der Waals surface area (Å²) in [5.74, 6) is 0.805. The summed E-state index contributed by atoms with van der Waals surface area (Å²) in [6, 6.07) is 7.11. The lowest BCUT2D eigenvalue weighted by atomic mass is 9.94. The normalized spacial score (nSPS) is 15.2. The number of non-ortho nitro benzene ring substituents is 1. The fraction of sp³-hybridized carbons (Fsp3) is 0.368. The van der Waals surface area contributed by atoms with E-state index in [1.54, 1.807) is 12.1 Å². The first kappa shape index (κ1) is 18.1. The molecule has 0 aliphatic heterocycles. The molecule has 0 atom stereocenters. The fourth-order valence-corrected chi connectivity index (χ4v) is 4.95. The van der Waals surface area contributed by atoms with E-state index in [1.165, 1.54) is 36.7 Å². The van der Waals surface area contributed by atoms with Gasteiger partial charge in [-0.2, -0.15) is 4.98 Å². The zero-order valence-electron chi connectivity index (χ0n) is 14.9. The highest BCUT2D eigenvalue weighted by Gasteiger charge is 2.24. The van der Waals surface area contributed by atoms with Gasteiger partial charge in [-0.3, -0.25) is 10.1 Å². The maximum atomic E-state index is 11.2. The van der Waals surface area contributed by atoms with E-state index in [4.69, 9.17) is 11.6 Å². The predicted octanol–water partition coefficient (Wildman–Crippen LogP) is 5.69. The molecule has 0 saturated heterocycles. The number of rotatable bonds is 4. The van der Waals surface area contributed by atoms with Crippen molar-refractivity contribution in [3.05, 3.63) is 45.0 Å². The van der Waals surface area contributed by atoms with Gasteiger partial charge in [0.05, 0.1) is 10.3 Å². The summed E-state index contributed by atoms with van der Waals surface area (Å²) < 4.78 is 0. The summed E-state index contributed by atoms with van der Waals surface area (Å²) in [4.78, 5) is 22.7. The molecular weight excluding hydrogens is 384 g/mol. The summed E-state index contributed by atoms with van der Waals surface area (Å²) in [6.07, 6.45) is 5.99. The Morgan fingerprint density at radius 2 is 2.04 bits per heavy atom. The molecule has 0 spiro atoms. The number of thiophene rings is 1. The van der Waals surface area contributed by atoms with Crippen LogP contribution in [-0.2, 0) is 0 Å². The average molecular weight is 403 g/mol. The summed E-state index contributed by atoms with van der Waals surface area (Å²) in [6.45, 7) is 0. The summed E-state index contributed by atoms with van der Waals surface area (Å²) in [7, 11) is 2.06. The van der Waals surface area contributed by atoms with E-state index in [0.29, 0.717) is 6.04 Å². The van der Waals surface area contributed by atoms with Gasteiger partial charge in [-0.05, 0) is 30.0 Å². The first-order chi connectivity index (χ1) is 13.0. The number of hydrogen-bond donors (Lipinski definition) is 0. The van der Waals surface area contributed by atoms with Crippen molar-refractivity contribution in [2.45, 2.75) is 38.1 Å². The highest BCUT2D eigenvalue weighted by molar-refractivity contribution is 7.17. The number of anilines is 1. The fourth-order valence-electron chi connectivity index (χ4n) is 3.79. The largest absolute Gasteiger partial charge is 0.356 e. The van der Waals surface area contributed by atoms with Crippen LogP contribution in [-0.4, -0.2) is 28.0 Å². The number of fused-ring (bicyclic) bond motifs is 1. The Morgan fingerprint density at radius 1 is 1.26 bits per heavy atom. The van der Waals surface area contributed by atoms with Gasteiger partial charge in [-0.25, -0.2) is 4.98 Å². The lowest BCUT2D eigenvalue weighted by Gasteiger charge is -2.32. The first-order valence-electron chi connectivity index (χ1n) is 8.97. The molecule has 0 radical (unpaired) electrons. The minimum Gasteiger partial charge on any atom is -0.356 e. The molecule has 1 saturated carbocycles. The third-order valence-electron chi connectivity index (χ3n) is 5.21. The molecule has 27 heavy (non-hydrogen) atoms. The zero-order valence-corrected chi connectivity index (χ0v) is 16.5. The monoisotopic (exact) mass is 402 g/mol. The molecule has 2 aromatic heterocycles. The molecule has 3 aromatic rings. The van der Waals surface area contributed by atoms with Crippen LogP contribution in [0.5, 0.6) is 0 Å². The van der Waals surface area contributed by atoms with Crippen molar-refractivity contribution >= 4 is 44.7 Å². The number of benzene rings is 1. The second-order valence-corrected chi connectivity index (χ2v) is 8.05. The van der Waals surface area contributed by atoms with Crippen molar-refractivity contribution in [3.8, 4) is 11.1 Å². The highest BCUT2D eigenvalue weighted by atomic mass is 35.5. The molecule has 0 N–H and O–H groups in total. The summed E-state index contributed by atoms with van der Waals surface area (Å²) in [5, 5.41) is 14.3. The number of nitrogens with zero attached hydrogens (tertiary/aromatic N) is 4. The summed E-state index contributed by atoms with van der Waals surface area (Å²) >= 11 is 7.68. The molecule has 1 fully saturated rings. The number of nitro groups is 1. The number of aromatic nitrogens is 2. The van der Waals surface area contributed by atoms with Gasteiger partial charge in [0.15, 0.2) is 0 Å². The van der Waals surface area contributed by atoms with Crippen LogP contribution in [0.4, 0.5) is 11.5 Å². The molecule has 0 bridgehead atoms. The second-order valence-electron chi connectivity index (χ2n) is 6.86. The third kappa shape index (κ3) is 3.49. The molecule has 0 unspecified atom stereocenters. The molecule has 4 rings (SSSR count). The van der Waals surface area contributed by atoms with Crippen LogP contribution in [0.2, 0.25) is 5.28 Å². The molecule has 1 aliphatic carbocycles. The van der Waals surface area contributed by atoms with Crippen molar-refractivity contribution < 1.29 is 4.92 Å². The molecular formula is C19H19ClN4O2S. The van der Waals surface area contributed by atoms with Crippen LogP contribution in [0.3, 0.4) is 0 Å². The lowest BCUT2D eigenvalue weighted by molar-refractivity contribution is -0.384. The molecule has 1 aromatic carbocycles. The zero-order chi connectivity index (χ0) is 19.0. The van der Waals surface area contributed by atoms with Crippen molar-refractivity contribution in [3.63, 3.8) is 0 Å². The van der Waals surface area contributed by atoms with E-state index in [-0.39, 0.29) is 15.9 Å². The van der Waals surface area contributed by atoms with Gasteiger partial charge in [-0.15, -0.1) is 11.3 Å². The summed E-state index contributed by atoms with van der Waals surface area (Å²) in [5.41, 5.74) is 1.77. The van der Waals surface area contributed by atoms with Gasteiger partial charge < -0.3 is 4.90 Å². The Hall–Kier alpha value is -2.25.